The molecular formula is C11H22N2O3. The third kappa shape index (κ3) is 4.61. The molecule has 0 aliphatic rings. The van der Waals surface area contributed by atoms with Gasteiger partial charge in [0.2, 0.25) is 5.91 Å². The second kappa shape index (κ2) is 6.48. The molecule has 16 heavy (non-hydrogen) atoms. The van der Waals surface area contributed by atoms with Crippen molar-refractivity contribution in [3.8, 4) is 0 Å². The molecule has 0 aromatic rings. The van der Waals surface area contributed by atoms with E-state index in [4.69, 9.17) is 5.73 Å². The first-order valence-corrected chi connectivity index (χ1v) is 5.50. The van der Waals surface area contributed by atoms with Crippen molar-refractivity contribution in [1.29, 1.82) is 0 Å². The first-order valence-electron chi connectivity index (χ1n) is 5.50. The Morgan fingerprint density at radius 3 is 2.38 bits per heavy atom. The predicted octanol–water partition coefficient (Wildman–Crippen LogP) is 0.572. The number of carbonyl (C=O) groups is 2. The lowest BCUT2D eigenvalue weighted by Crippen LogP contribution is -2.56. The molecule has 0 fully saturated rings. The van der Waals surface area contributed by atoms with Gasteiger partial charge in [-0.2, -0.15) is 0 Å². The lowest BCUT2D eigenvalue weighted by molar-refractivity contribution is -0.144. The molecule has 0 aliphatic heterocycles. The van der Waals surface area contributed by atoms with Gasteiger partial charge in [0.05, 0.1) is 12.6 Å². The molecule has 0 saturated heterocycles. The Bertz CT molecular complexity index is 252. The highest BCUT2D eigenvalue weighted by molar-refractivity contribution is 5.85. The zero-order chi connectivity index (χ0) is 12.8. The van der Waals surface area contributed by atoms with Gasteiger partial charge in [0.1, 0.15) is 6.04 Å². The number of methoxy groups -OCH3 is 1. The van der Waals surface area contributed by atoms with E-state index >= 15 is 0 Å². The summed E-state index contributed by atoms with van der Waals surface area (Å²) in [5.41, 5.74) is 4.33. The van der Waals surface area contributed by atoms with Crippen molar-refractivity contribution in [3.63, 3.8) is 0 Å². The first-order chi connectivity index (χ1) is 7.35. The summed E-state index contributed by atoms with van der Waals surface area (Å²) in [7, 11) is 1.33. The van der Waals surface area contributed by atoms with E-state index in [1.165, 1.54) is 7.11 Å². The summed E-state index contributed by atoms with van der Waals surface area (Å²) in [4.78, 5) is 22.6. The van der Waals surface area contributed by atoms with E-state index in [0.717, 1.165) is 12.8 Å². The molecule has 1 atom stereocenters. The molecule has 0 rings (SSSR count). The van der Waals surface area contributed by atoms with E-state index in [1.54, 1.807) is 13.8 Å². The molecule has 1 unspecified atom stereocenters. The minimum absolute atomic E-state index is 0.359. The van der Waals surface area contributed by atoms with E-state index in [2.05, 4.69) is 10.1 Å². The van der Waals surface area contributed by atoms with Gasteiger partial charge in [-0.15, -0.1) is 0 Å². The zero-order valence-corrected chi connectivity index (χ0v) is 10.5. The minimum Gasteiger partial charge on any atom is -0.468 e. The molecule has 5 heteroatoms. The zero-order valence-electron chi connectivity index (χ0n) is 10.5. The van der Waals surface area contributed by atoms with Crippen LogP contribution in [0.2, 0.25) is 0 Å². The Kier molecular flexibility index (Phi) is 6.03. The van der Waals surface area contributed by atoms with Crippen LogP contribution in [0.3, 0.4) is 0 Å². The smallest absolute Gasteiger partial charge is 0.322 e. The molecule has 0 aromatic heterocycles. The van der Waals surface area contributed by atoms with Crippen molar-refractivity contribution in [2.24, 2.45) is 5.73 Å². The van der Waals surface area contributed by atoms with Gasteiger partial charge >= 0.3 is 5.97 Å². The fourth-order valence-electron chi connectivity index (χ4n) is 1.31. The average Bonchev–Trinajstić information content (AvgIpc) is 2.22. The molecule has 0 bridgehead atoms. The fraction of sp³-hybridized carbons (Fsp3) is 0.818. The number of primary amides is 1. The van der Waals surface area contributed by atoms with Gasteiger partial charge in [-0.05, 0) is 20.3 Å². The standard InChI is InChI=1S/C11H22N2O3/c1-5-6-7-8(9(14)16-4)13-11(2,3)10(12)15/h8,13H,5-7H2,1-4H3,(H2,12,15). The van der Waals surface area contributed by atoms with Gasteiger partial charge in [-0.3, -0.25) is 14.9 Å². The number of esters is 1. The van der Waals surface area contributed by atoms with E-state index < -0.39 is 17.5 Å². The maximum absolute atomic E-state index is 11.5. The highest BCUT2D eigenvalue weighted by Crippen LogP contribution is 2.09. The van der Waals surface area contributed by atoms with Crippen molar-refractivity contribution in [2.45, 2.75) is 51.6 Å². The van der Waals surface area contributed by atoms with E-state index in [-0.39, 0.29) is 5.97 Å². The summed E-state index contributed by atoms with van der Waals surface area (Å²) in [6.07, 6.45) is 2.51. The lowest BCUT2D eigenvalue weighted by Gasteiger charge is -2.27. The summed E-state index contributed by atoms with van der Waals surface area (Å²) in [5, 5.41) is 2.93. The van der Waals surface area contributed by atoms with Crippen molar-refractivity contribution in [1.82, 2.24) is 5.32 Å². The van der Waals surface area contributed by atoms with Crippen LogP contribution in [0.4, 0.5) is 0 Å². The van der Waals surface area contributed by atoms with E-state index in [9.17, 15) is 9.59 Å². The molecule has 0 saturated carbocycles. The van der Waals surface area contributed by atoms with Crippen LogP contribution < -0.4 is 11.1 Å². The van der Waals surface area contributed by atoms with Crippen LogP contribution in [-0.4, -0.2) is 30.6 Å². The van der Waals surface area contributed by atoms with Crippen molar-refractivity contribution < 1.29 is 14.3 Å². The minimum atomic E-state index is -0.910. The van der Waals surface area contributed by atoms with Crippen LogP contribution in [-0.2, 0) is 14.3 Å². The largest absolute Gasteiger partial charge is 0.468 e. The molecule has 0 radical (unpaired) electrons. The third-order valence-corrected chi connectivity index (χ3v) is 2.48. The Morgan fingerprint density at radius 1 is 1.44 bits per heavy atom. The Hall–Kier alpha value is -1.10. The fourth-order valence-corrected chi connectivity index (χ4v) is 1.31. The molecule has 0 aromatic carbocycles. The maximum Gasteiger partial charge on any atom is 0.322 e. The monoisotopic (exact) mass is 230 g/mol. The second-order valence-corrected chi connectivity index (χ2v) is 4.35. The molecule has 0 spiro atoms. The summed E-state index contributed by atoms with van der Waals surface area (Å²) < 4.78 is 4.68. The number of ether oxygens (including phenoxy) is 1. The summed E-state index contributed by atoms with van der Waals surface area (Å²) in [6, 6.07) is -0.479. The van der Waals surface area contributed by atoms with Gasteiger partial charge < -0.3 is 10.5 Å². The molecule has 1 amide bonds. The Morgan fingerprint density at radius 2 is 2.00 bits per heavy atom. The molecule has 0 heterocycles. The highest BCUT2D eigenvalue weighted by atomic mass is 16.5. The van der Waals surface area contributed by atoms with Crippen LogP contribution in [0.15, 0.2) is 0 Å². The number of nitrogens with one attached hydrogen (secondary N) is 1. The number of nitrogens with two attached hydrogens (primary N) is 1. The van der Waals surface area contributed by atoms with Crippen LogP contribution in [0.25, 0.3) is 0 Å². The summed E-state index contributed by atoms with van der Waals surface area (Å²) in [5.74, 6) is -0.847. The summed E-state index contributed by atoms with van der Waals surface area (Å²) in [6.45, 7) is 5.34. The van der Waals surface area contributed by atoms with E-state index in [0.29, 0.717) is 6.42 Å². The Balaban J connectivity index is 4.53. The van der Waals surface area contributed by atoms with Crippen LogP contribution in [0.5, 0.6) is 0 Å². The average molecular weight is 230 g/mol. The van der Waals surface area contributed by atoms with Gasteiger partial charge in [-0.1, -0.05) is 19.8 Å². The molecule has 5 nitrogen and oxygen atoms in total. The molecule has 3 N–H and O–H groups in total. The lowest BCUT2D eigenvalue weighted by atomic mass is 10.0. The number of hydrogen-bond acceptors (Lipinski definition) is 4. The number of amides is 1. The quantitative estimate of drug-likeness (QED) is 0.626. The Labute approximate surface area is 96.7 Å². The normalized spacial score (nSPS) is 13.2. The SMILES string of the molecule is CCCCC(NC(C)(C)C(N)=O)C(=O)OC. The first kappa shape index (κ1) is 14.9. The number of unbranched alkanes of at least 4 members (excludes halogenated alkanes) is 1. The van der Waals surface area contributed by atoms with Gasteiger partial charge in [0.15, 0.2) is 0 Å². The second-order valence-electron chi connectivity index (χ2n) is 4.35. The molecular weight excluding hydrogens is 208 g/mol. The van der Waals surface area contributed by atoms with E-state index in [1.807, 2.05) is 6.92 Å². The van der Waals surface area contributed by atoms with Gasteiger partial charge in [-0.25, -0.2) is 0 Å². The number of carbonyl (C=O) groups excluding carboxylic acids is 2. The van der Waals surface area contributed by atoms with Crippen LogP contribution >= 0.6 is 0 Å². The van der Waals surface area contributed by atoms with Crippen molar-refractivity contribution in [2.75, 3.05) is 7.11 Å². The number of rotatable bonds is 7. The highest BCUT2D eigenvalue weighted by Gasteiger charge is 2.31. The summed E-state index contributed by atoms with van der Waals surface area (Å²) >= 11 is 0. The molecule has 94 valence electrons. The van der Waals surface area contributed by atoms with Crippen molar-refractivity contribution in [3.05, 3.63) is 0 Å². The topological polar surface area (TPSA) is 81.4 Å². The van der Waals surface area contributed by atoms with Crippen LogP contribution in [0, 0.1) is 0 Å². The van der Waals surface area contributed by atoms with Gasteiger partial charge in [0, 0.05) is 0 Å². The number of hydrogen-bond donors (Lipinski definition) is 2. The molecule has 0 aliphatic carbocycles. The van der Waals surface area contributed by atoms with Crippen LogP contribution in [0.1, 0.15) is 40.0 Å². The predicted molar refractivity (Wildman–Crippen MR) is 61.7 cm³/mol. The van der Waals surface area contributed by atoms with Gasteiger partial charge in [0.25, 0.3) is 0 Å². The van der Waals surface area contributed by atoms with Crippen molar-refractivity contribution >= 4 is 11.9 Å². The maximum atomic E-state index is 11.5. The third-order valence-electron chi connectivity index (χ3n) is 2.48.